The van der Waals surface area contributed by atoms with Crippen molar-refractivity contribution in [1.29, 1.82) is 0 Å². The maximum absolute atomic E-state index is 5.66. The summed E-state index contributed by atoms with van der Waals surface area (Å²) in [4.78, 5) is 2.63. The molecule has 0 spiro atoms. The zero-order valence-corrected chi connectivity index (χ0v) is 15.1. The van der Waals surface area contributed by atoms with Crippen LogP contribution in [-0.2, 0) is 6.54 Å². The van der Waals surface area contributed by atoms with Crippen LogP contribution >= 0.6 is 0 Å². The number of methoxy groups -OCH3 is 3. The van der Waals surface area contributed by atoms with E-state index < -0.39 is 0 Å². The van der Waals surface area contributed by atoms with Crippen LogP contribution in [0, 0.1) is 23.7 Å². The van der Waals surface area contributed by atoms with Crippen molar-refractivity contribution >= 4 is 0 Å². The molecule has 0 radical (unpaired) electrons. The zero-order chi connectivity index (χ0) is 16.7. The molecular formula is C20H29NO3. The van der Waals surface area contributed by atoms with Gasteiger partial charge in [-0.15, -0.1) is 0 Å². The minimum absolute atomic E-state index is 0.703. The number of likely N-dealkylation sites (tertiary alicyclic amines) is 1. The summed E-state index contributed by atoms with van der Waals surface area (Å²) in [5.74, 6) is 6.08. The molecule has 1 aromatic rings. The van der Waals surface area contributed by atoms with Crippen molar-refractivity contribution < 1.29 is 14.2 Å². The van der Waals surface area contributed by atoms with Crippen LogP contribution in [0.1, 0.15) is 31.2 Å². The molecule has 0 aromatic heterocycles. The van der Waals surface area contributed by atoms with Gasteiger partial charge in [0.15, 0.2) is 11.5 Å². The van der Waals surface area contributed by atoms with E-state index in [2.05, 4.69) is 11.0 Å². The number of benzene rings is 1. The van der Waals surface area contributed by atoms with Gasteiger partial charge in [-0.1, -0.05) is 6.07 Å². The number of rotatable bonds is 5. The van der Waals surface area contributed by atoms with Gasteiger partial charge in [0, 0.05) is 25.2 Å². The molecule has 0 unspecified atom stereocenters. The molecule has 3 aliphatic carbocycles. The molecule has 1 heterocycles. The topological polar surface area (TPSA) is 30.9 Å². The van der Waals surface area contributed by atoms with Crippen LogP contribution < -0.4 is 14.2 Å². The monoisotopic (exact) mass is 331 g/mol. The highest BCUT2D eigenvalue weighted by Crippen LogP contribution is 2.52. The lowest BCUT2D eigenvalue weighted by molar-refractivity contribution is 0.0577. The van der Waals surface area contributed by atoms with Gasteiger partial charge >= 0.3 is 0 Å². The van der Waals surface area contributed by atoms with Crippen molar-refractivity contribution in [2.24, 2.45) is 23.7 Å². The van der Waals surface area contributed by atoms with E-state index >= 15 is 0 Å². The Kier molecular flexibility index (Phi) is 4.33. The fourth-order valence-electron chi connectivity index (χ4n) is 5.60. The Morgan fingerprint density at radius 2 is 1.42 bits per heavy atom. The molecule has 3 saturated carbocycles. The molecule has 4 heteroatoms. The van der Waals surface area contributed by atoms with Crippen LogP contribution in [0.2, 0.25) is 0 Å². The molecule has 0 amide bonds. The van der Waals surface area contributed by atoms with Crippen molar-refractivity contribution in [1.82, 2.24) is 4.90 Å². The van der Waals surface area contributed by atoms with Crippen molar-refractivity contribution in [3.8, 4) is 17.2 Å². The highest BCUT2D eigenvalue weighted by molar-refractivity contribution is 5.55. The van der Waals surface area contributed by atoms with E-state index in [0.29, 0.717) is 5.75 Å². The predicted octanol–water partition coefficient (Wildman–Crippen LogP) is 3.58. The van der Waals surface area contributed by atoms with Gasteiger partial charge in [-0.05, 0) is 55.4 Å². The first-order valence-corrected chi connectivity index (χ1v) is 9.25. The summed E-state index contributed by atoms with van der Waals surface area (Å²) >= 11 is 0. The van der Waals surface area contributed by atoms with Gasteiger partial charge in [-0.3, -0.25) is 4.90 Å². The number of ether oxygens (including phenoxy) is 3. The summed E-state index contributed by atoms with van der Waals surface area (Å²) in [6.45, 7) is 3.45. The van der Waals surface area contributed by atoms with Gasteiger partial charge in [-0.25, -0.2) is 0 Å². The molecule has 1 aromatic carbocycles. The Balaban J connectivity index is 1.54. The smallest absolute Gasteiger partial charge is 0.203 e. The summed E-state index contributed by atoms with van der Waals surface area (Å²) in [5, 5.41) is 0. The van der Waals surface area contributed by atoms with Gasteiger partial charge in [0.2, 0.25) is 5.75 Å². The Morgan fingerprint density at radius 1 is 0.833 bits per heavy atom. The SMILES string of the molecule is COc1ccc(CN2C[C@@H]3C4CCC(CC4)[C@@H]3C2)c(OC)c1OC. The molecule has 4 nitrogen and oxygen atoms in total. The predicted molar refractivity (Wildman–Crippen MR) is 93.8 cm³/mol. The van der Waals surface area contributed by atoms with Crippen molar-refractivity contribution in [3.63, 3.8) is 0 Å². The fraction of sp³-hybridized carbons (Fsp3) is 0.700. The Morgan fingerprint density at radius 3 is 1.92 bits per heavy atom. The maximum Gasteiger partial charge on any atom is 0.203 e. The van der Waals surface area contributed by atoms with Gasteiger partial charge < -0.3 is 14.2 Å². The molecule has 1 saturated heterocycles. The second-order valence-corrected chi connectivity index (χ2v) is 7.69. The summed E-state index contributed by atoms with van der Waals surface area (Å²) in [6.07, 6.45) is 5.89. The molecule has 1 aliphatic heterocycles. The minimum Gasteiger partial charge on any atom is -0.493 e. The summed E-state index contributed by atoms with van der Waals surface area (Å²) in [5.41, 5.74) is 1.20. The molecule has 132 valence electrons. The second kappa shape index (κ2) is 6.47. The third-order valence-corrected chi connectivity index (χ3v) is 6.70. The molecule has 2 atom stereocenters. The average Bonchev–Trinajstić information content (AvgIpc) is 3.07. The number of nitrogens with zero attached hydrogens (tertiary/aromatic N) is 1. The maximum atomic E-state index is 5.66. The van der Waals surface area contributed by atoms with E-state index in [-0.39, 0.29) is 0 Å². The van der Waals surface area contributed by atoms with E-state index in [0.717, 1.165) is 41.7 Å². The zero-order valence-electron chi connectivity index (χ0n) is 15.1. The first-order valence-electron chi connectivity index (χ1n) is 9.25. The highest BCUT2D eigenvalue weighted by atomic mass is 16.5. The fourth-order valence-corrected chi connectivity index (χ4v) is 5.60. The van der Waals surface area contributed by atoms with Crippen LogP contribution in [0.5, 0.6) is 17.2 Å². The normalized spacial score (nSPS) is 31.8. The first-order chi connectivity index (χ1) is 11.7. The summed E-state index contributed by atoms with van der Waals surface area (Å²) in [6, 6.07) is 4.11. The molecular weight excluding hydrogens is 302 g/mol. The molecule has 4 aliphatic rings. The van der Waals surface area contributed by atoms with E-state index in [1.165, 1.54) is 44.3 Å². The summed E-state index contributed by atoms with van der Waals surface area (Å²) < 4.78 is 16.6. The van der Waals surface area contributed by atoms with Crippen LogP contribution in [0.25, 0.3) is 0 Å². The second-order valence-electron chi connectivity index (χ2n) is 7.69. The van der Waals surface area contributed by atoms with Crippen molar-refractivity contribution in [2.75, 3.05) is 34.4 Å². The van der Waals surface area contributed by atoms with Gasteiger partial charge in [0.05, 0.1) is 21.3 Å². The first kappa shape index (κ1) is 16.1. The molecule has 24 heavy (non-hydrogen) atoms. The summed E-state index contributed by atoms with van der Waals surface area (Å²) in [7, 11) is 5.05. The molecule has 0 N–H and O–H groups in total. The molecule has 4 fully saturated rings. The van der Waals surface area contributed by atoms with E-state index in [4.69, 9.17) is 14.2 Å². The molecule has 2 bridgehead atoms. The minimum atomic E-state index is 0.703. The quantitative estimate of drug-likeness (QED) is 0.825. The van der Waals surface area contributed by atoms with Crippen molar-refractivity contribution in [3.05, 3.63) is 17.7 Å². The van der Waals surface area contributed by atoms with Crippen LogP contribution in [0.15, 0.2) is 12.1 Å². The van der Waals surface area contributed by atoms with Gasteiger partial charge in [0.1, 0.15) is 0 Å². The lowest BCUT2D eigenvalue weighted by Gasteiger charge is -2.45. The van der Waals surface area contributed by atoms with Gasteiger partial charge in [-0.2, -0.15) is 0 Å². The number of hydrogen-bond donors (Lipinski definition) is 0. The third-order valence-electron chi connectivity index (χ3n) is 6.70. The van der Waals surface area contributed by atoms with E-state index in [1.807, 2.05) is 6.07 Å². The standard InChI is InChI=1S/C20H29NO3/c1-22-18-9-8-15(19(23-2)20(18)24-3)10-21-11-16-13-4-5-14(7-6-13)17(16)12-21/h8-9,13-14,16-17H,4-7,10-12H2,1-3H3/t13?,14?,16-,17+. The van der Waals surface area contributed by atoms with Crippen LogP contribution in [0.3, 0.4) is 0 Å². The lowest BCUT2D eigenvalue weighted by Crippen LogP contribution is -2.38. The number of fused-ring (bicyclic) bond motifs is 2. The Labute approximate surface area is 145 Å². The third kappa shape index (κ3) is 2.55. The van der Waals surface area contributed by atoms with Crippen molar-refractivity contribution in [2.45, 2.75) is 32.2 Å². The van der Waals surface area contributed by atoms with E-state index in [9.17, 15) is 0 Å². The highest BCUT2D eigenvalue weighted by Gasteiger charge is 2.47. The molecule has 5 rings (SSSR count). The lowest BCUT2D eigenvalue weighted by atomic mass is 9.60. The Hall–Kier alpha value is -1.42. The number of hydrogen-bond acceptors (Lipinski definition) is 4. The largest absolute Gasteiger partial charge is 0.493 e. The van der Waals surface area contributed by atoms with Crippen LogP contribution in [-0.4, -0.2) is 39.3 Å². The average molecular weight is 331 g/mol. The van der Waals surface area contributed by atoms with Crippen LogP contribution in [0.4, 0.5) is 0 Å². The Bertz CT molecular complexity index is 575. The van der Waals surface area contributed by atoms with E-state index in [1.54, 1.807) is 21.3 Å². The van der Waals surface area contributed by atoms with Gasteiger partial charge in [0.25, 0.3) is 0 Å².